The number of fused-ring (bicyclic) bond motifs is 1. The summed E-state index contributed by atoms with van der Waals surface area (Å²) in [5.74, 6) is 0.932. The van der Waals surface area contributed by atoms with Gasteiger partial charge >= 0.3 is 0 Å². The number of hydrogen-bond donors (Lipinski definition) is 1. The lowest BCUT2D eigenvalue weighted by Crippen LogP contribution is -2.37. The summed E-state index contributed by atoms with van der Waals surface area (Å²) in [4.78, 5) is 22.3. The van der Waals surface area contributed by atoms with E-state index < -0.39 is 0 Å². The maximum atomic E-state index is 12.9. The molecular formula is C20H23N5O. The molecule has 134 valence electrons. The molecule has 6 nitrogen and oxygen atoms in total. The van der Waals surface area contributed by atoms with Crippen LogP contribution >= 0.6 is 0 Å². The van der Waals surface area contributed by atoms with Crippen LogP contribution in [0.4, 0.5) is 0 Å². The summed E-state index contributed by atoms with van der Waals surface area (Å²) in [6.45, 7) is 6.30. The highest BCUT2D eigenvalue weighted by atomic mass is 16.2. The van der Waals surface area contributed by atoms with E-state index in [2.05, 4.69) is 29.9 Å². The number of aromatic nitrogens is 4. The number of aryl methyl sites for hydroxylation is 2. The number of rotatable bonds is 4. The van der Waals surface area contributed by atoms with E-state index in [-0.39, 0.29) is 5.91 Å². The van der Waals surface area contributed by atoms with Crippen LogP contribution in [0.5, 0.6) is 0 Å². The van der Waals surface area contributed by atoms with E-state index in [0.717, 1.165) is 47.7 Å². The number of nitrogens with zero attached hydrogens (tertiary/aromatic N) is 4. The van der Waals surface area contributed by atoms with Crippen LogP contribution < -0.4 is 0 Å². The Labute approximate surface area is 152 Å². The first-order valence-corrected chi connectivity index (χ1v) is 9.08. The molecule has 0 saturated heterocycles. The van der Waals surface area contributed by atoms with E-state index in [4.69, 9.17) is 5.10 Å². The molecule has 0 atom stereocenters. The van der Waals surface area contributed by atoms with Crippen LogP contribution in [0.3, 0.4) is 0 Å². The molecule has 1 N–H and O–H groups in total. The summed E-state index contributed by atoms with van der Waals surface area (Å²) in [6.07, 6.45) is 4.81. The molecule has 1 aromatic carbocycles. The van der Waals surface area contributed by atoms with Crippen molar-refractivity contribution in [1.29, 1.82) is 0 Å². The molecule has 0 fully saturated rings. The minimum atomic E-state index is 0.166. The normalized spacial score (nSPS) is 13.7. The third-order valence-electron chi connectivity index (χ3n) is 5.11. The number of H-pyrrole nitrogens is 1. The average molecular weight is 349 g/mol. The van der Waals surface area contributed by atoms with Crippen LogP contribution in [0.1, 0.15) is 29.3 Å². The van der Waals surface area contributed by atoms with Crippen LogP contribution in [0.2, 0.25) is 0 Å². The molecule has 6 heteroatoms. The van der Waals surface area contributed by atoms with E-state index in [9.17, 15) is 4.79 Å². The van der Waals surface area contributed by atoms with Crippen LogP contribution in [0, 0.1) is 6.92 Å². The minimum Gasteiger partial charge on any atom is -0.343 e. The summed E-state index contributed by atoms with van der Waals surface area (Å²) in [7, 11) is 0. The van der Waals surface area contributed by atoms with Crippen molar-refractivity contribution in [3.8, 4) is 11.5 Å². The molecule has 0 radical (unpaired) electrons. The third-order valence-corrected chi connectivity index (χ3v) is 5.11. The average Bonchev–Trinajstić information content (AvgIpc) is 3.30. The number of benzene rings is 1. The zero-order valence-electron chi connectivity index (χ0n) is 15.2. The molecule has 0 aliphatic carbocycles. The van der Waals surface area contributed by atoms with E-state index >= 15 is 0 Å². The molecule has 1 aliphatic rings. The summed E-state index contributed by atoms with van der Waals surface area (Å²) < 4.78 is 2.04. The van der Waals surface area contributed by atoms with Crippen LogP contribution in [-0.4, -0.2) is 37.1 Å². The largest absolute Gasteiger partial charge is 0.343 e. The van der Waals surface area contributed by atoms with E-state index in [1.54, 1.807) is 12.4 Å². The van der Waals surface area contributed by atoms with Crippen LogP contribution in [0.25, 0.3) is 11.5 Å². The van der Waals surface area contributed by atoms with Gasteiger partial charge < -0.3 is 9.88 Å². The topological polar surface area (TPSA) is 66.8 Å². The molecule has 0 saturated carbocycles. The number of hydrogen-bond acceptors (Lipinski definition) is 3. The summed E-state index contributed by atoms with van der Waals surface area (Å²) in [6, 6.07) is 8.08. The van der Waals surface area contributed by atoms with E-state index in [1.165, 1.54) is 5.69 Å². The molecule has 26 heavy (non-hydrogen) atoms. The molecule has 0 spiro atoms. The SMILES string of the molecule is CCn1nc(-c2ncc[nH]2)c2c1CCN(C(=O)Cc1ccccc1C)C2. The first-order valence-electron chi connectivity index (χ1n) is 9.08. The highest BCUT2D eigenvalue weighted by Gasteiger charge is 2.28. The molecule has 0 bridgehead atoms. The lowest BCUT2D eigenvalue weighted by atomic mass is 10.0. The van der Waals surface area contributed by atoms with Gasteiger partial charge in [0.2, 0.25) is 5.91 Å². The predicted octanol–water partition coefficient (Wildman–Crippen LogP) is 2.73. The monoisotopic (exact) mass is 349 g/mol. The first-order chi connectivity index (χ1) is 12.7. The Kier molecular flexibility index (Phi) is 4.32. The molecule has 4 rings (SSSR count). The molecular weight excluding hydrogens is 326 g/mol. The fraction of sp³-hybridized carbons (Fsp3) is 0.350. The van der Waals surface area contributed by atoms with Crippen LogP contribution in [0.15, 0.2) is 36.7 Å². The zero-order valence-corrected chi connectivity index (χ0v) is 15.2. The van der Waals surface area contributed by atoms with E-state index in [0.29, 0.717) is 13.0 Å². The molecule has 1 aliphatic heterocycles. The molecule has 2 aromatic heterocycles. The Morgan fingerprint density at radius 1 is 1.31 bits per heavy atom. The van der Waals surface area contributed by atoms with Crippen molar-refractivity contribution in [3.05, 3.63) is 59.0 Å². The summed E-state index contributed by atoms with van der Waals surface area (Å²) >= 11 is 0. The quantitative estimate of drug-likeness (QED) is 0.787. The standard InChI is InChI=1S/C20H23N5O/c1-3-25-17-8-11-24(18(26)12-15-7-5-4-6-14(15)2)13-16(17)19(23-25)20-21-9-10-22-20/h4-7,9-10H,3,8,11-13H2,1-2H3,(H,21,22). The summed E-state index contributed by atoms with van der Waals surface area (Å²) in [5.41, 5.74) is 5.46. The van der Waals surface area contributed by atoms with Crippen molar-refractivity contribution in [2.24, 2.45) is 0 Å². The first kappa shape index (κ1) is 16.6. The van der Waals surface area contributed by atoms with Gasteiger partial charge in [0, 0.05) is 49.7 Å². The second-order valence-electron chi connectivity index (χ2n) is 6.70. The van der Waals surface area contributed by atoms with Gasteiger partial charge in [-0.15, -0.1) is 0 Å². The van der Waals surface area contributed by atoms with Gasteiger partial charge in [-0.05, 0) is 25.0 Å². The maximum Gasteiger partial charge on any atom is 0.227 e. The fourth-order valence-electron chi connectivity index (χ4n) is 3.63. The van der Waals surface area contributed by atoms with Gasteiger partial charge in [0.25, 0.3) is 0 Å². The van der Waals surface area contributed by atoms with E-state index in [1.807, 2.05) is 27.8 Å². The van der Waals surface area contributed by atoms with Crippen molar-refractivity contribution in [1.82, 2.24) is 24.6 Å². The van der Waals surface area contributed by atoms with Gasteiger partial charge in [0.1, 0.15) is 5.69 Å². The van der Waals surface area contributed by atoms with Crippen molar-refractivity contribution in [2.45, 2.75) is 39.8 Å². The highest BCUT2D eigenvalue weighted by molar-refractivity contribution is 5.79. The number of amides is 1. The van der Waals surface area contributed by atoms with Crippen molar-refractivity contribution in [3.63, 3.8) is 0 Å². The number of carbonyl (C=O) groups excluding carboxylic acids is 1. The Bertz CT molecular complexity index is 926. The molecule has 0 unspecified atom stereocenters. The van der Waals surface area contributed by atoms with Gasteiger partial charge in [-0.3, -0.25) is 9.48 Å². The van der Waals surface area contributed by atoms with Gasteiger partial charge in [-0.2, -0.15) is 5.10 Å². The predicted molar refractivity (Wildman–Crippen MR) is 99.5 cm³/mol. The maximum absolute atomic E-state index is 12.9. The number of carbonyl (C=O) groups is 1. The van der Waals surface area contributed by atoms with Gasteiger partial charge in [-0.1, -0.05) is 24.3 Å². The van der Waals surface area contributed by atoms with Gasteiger partial charge in [0.05, 0.1) is 6.42 Å². The molecule has 1 amide bonds. The zero-order chi connectivity index (χ0) is 18.1. The Morgan fingerprint density at radius 3 is 2.88 bits per heavy atom. The van der Waals surface area contributed by atoms with Crippen LogP contribution in [-0.2, 0) is 30.7 Å². The highest BCUT2D eigenvalue weighted by Crippen LogP contribution is 2.28. The molecule has 3 heterocycles. The number of aromatic amines is 1. The van der Waals surface area contributed by atoms with Gasteiger partial charge in [-0.25, -0.2) is 4.98 Å². The van der Waals surface area contributed by atoms with Crippen molar-refractivity contribution >= 4 is 5.91 Å². The number of nitrogens with one attached hydrogen (secondary N) is 1. The Morgan fingerprint density at radius 2 is 2.15 bits per heavy atom. The third kappa shape index (κ3) is 2.92. The summed E-state index contributed by atoms with van der Waals surface area (Å²) in [5, 5.41) is 4.73. The smallest absolute Gasteiger partial charge is 0.227 e. The lowest BCUT2D eigenvalue weighted by Gasteiger charge is -2.28. The van der Waals surface area contributed by atoms with Gasteiger partial charge in [0.15, 0.2) is 5.82 Å². The molecule has 3 aromatic rings. The Balaban J connectivity index is 1.60. The Hall–Kier alpha value is -2.89. The number of imidazole rings is 1. The second kappa shape index (κ2) is 6.78. The minimum absolute atomic E-state index is 0.166. The fourth-order valence-corrected chi connectivity index (χ4v) is 3.63. The lowest BCUT2D eigenvalue weighted by molar-refractivity contribution is -0.131. The second-order valence-corrected chi connectivity index (χ2v) is 6.70. The van der Waals surface area contributed by atoms with Crippen molar-refractivity contribution in [2.75, 3.05) is 6.54 Å². The van der Waals surface area contributed by atoms with Crippen molar-refractivity contribution < 1.29 is 4.79 Å².